The maximum Gasteiger partial charge on any atom is 0.265 e. The Morgan fingerprint density at radius 2 is 2.36 bits per heavy atom. The van der Waals surface area contributed by atoms with Crippen molar-refractivity contribution in [1.82, 2.24) is 10.7 Å². The van der Waals surface area contributed by atoms with Gasteiger partial charge in [0.1, 0.15) is 0 Å². The van der Waals surface area contributed by atoms with Gasteiger partial charge in [-0.05, 0) is 35.5 Å². The van der Waals surface area contributed by atoms with Crippen LogP contribution in [0.3, 0.4) is 0 Å². The van der Waals surface area contributed by atoms with Crippen LogP contribution in [0.15, 0.2) is 24.4 Å². The van der Waals surface area contributed by atoms with Gasteiger partial charge in [0.15, 0.2) is 0 Å². The van der Waals surface area contributed by atoms with Gasteiger partial charge in [0, 0.05) is 12.1 Å². The minimum Gasteiger partial charge on any atom is -0.387 e. The molecule has 2 rings (SSSR count). The van der Waals surface area contributed by atoms with E-state index in [-0.39, 0.29) is 5.91 Å². The smallest absolute Gasteiger partial charge is 0.265 e. The second kappa shape index (κ2) is 3.51. The molecule has 4 nitrogen and oxygen atoms in total. The first-order chi connectivity index (χ1) is 6.81. The van der Waals surface area contributed by atoms with Crippen LogP contribution < -0.4 is 16.6 Å². The van der Waals surface area contributed by atoms with Gasteiger partial charge < -0.3 is 5.32 Å². The van der Waals surface area contributed by atoms with E-state index in [0.717, 1.165) is 12.1 Å². The molecule has 0 saturated heterocycles. The fourth-order valence-corrected chi connectivity index (χ4v) is 1.45. The highest BCUT2D eigenvalue weighted by molar-refractivity contribution is 5.94. The van der Waals surface area contributed by atoms with Crippen LogP contribution in [-0.2, 0) is 6.54 Å². The number of hydrogen-bond acceptors (Lipinski definition) is 3. The summed E-state index contributed by atoms with van der Waals surface area (Å²) in [6, 6.07) is 5.52. The molecule has 4 heteroatoms. The summed E-state index contributed by atoms with van der Waals surface area (Å²) in [6.07, 6.45) is 3.80. The van der Waals surface area contributed by atoms with E-state index in [2.05, 4.69) is 10.7 Å². The summed E-state index contributed by atoms with van der Waals surface area (Å²) in [7, 11) is 0. The molecule has 1 aromatic carbocycles. The molecular weight excluding hydrogens is 178 g/mol. The van der Waals surface area contributed by atoms with Crippen LogP contribution in [-0.4, -0.2) is 5.91 Å². The number of rotatable bonds is 1. The minimum atomic E-state index is -0.264. The molecule has 0 unspecified atom stereocenters. The highest BCUT2D eigenvalue weighted by Crippen LogP contribution is 2.16. The third kappa shape index (κ3) is 1.47. The van der Waals surface area contributed by atoms with Crippen LogP contribution in [0.4, 0.5) is 0 Å². The fraction of sp³-hybridized carbons (Fsp3) is 0.100. The Kier molecular flexibility index (Phi) is 2.20. The summed E-state index contributed by atoms with van der Waals surface area (Å²) in [4.78, 5) is 11.2. The van der Waals surface area contributed by atoms with Crippen molar-refractivity contribution in [3.8, 4) is 0 Å². The lowest BCUT2D eigenvalue weighted by Gasteiger charge is -2.12. The number of fused-ring (bicyclic) bond motifs is 1. The van der Waals surface area contributed by atoms with Gasteiger partial charge in [-0.1, -0.05) is 6.07 Å². The number of amides is 1. The molecule has 72 valence electrons. The lowest BCUT2D eigenvalue weighted by molar-refractivity contribution is 0.0953. The number of nitrogens with one attached hydrogen (secondary N) is 2. The van der Waals surface area contributed by atoms with Gasteiger partial charge in [0.2, 0.25) is 0 Å². The van der Waals surface area contributed by atoms with Crippen molar-refractivity contribution in [2.24, 2.45) is 5.84 Å². The van der Waals surface area contributed by atoms with E-state index in [4.69, 9.17) is 5.84 Å². The van der Waals surface area contributed by atoms with E-state index in [1.807, 2.05) is 24.4 Å². The van der Waals surface area contributed by atoms with Crippen LogP contribution in [0.2, 0.25) is 0 Å². The molecule has 14 heavy (non-hydrogen) atoms. The number of benzene rings is 1. The van der Waals surface area contributed by atoms with Crippen molar-refractivity contribution in [2.75, 3.05) is 0 Å². The van der Waals surface area contributed by atoms with Crippen molar-refractivity contribution in [3.63, 3.8) is 0 Å². The molecule has 0 bridgehead atoms. The van der Waals surface area contributed by atoms with Crippen molar-refractivity contribution in [3.05, 3.63) is 41.1 Å². The van der Waals surface area contributed by atoms with Gasteiger partial charge >= 0.3 is 0 Å². The summed E-state index contributed by atoms with van der Waals surface area (Å²) < 4.78 is 0. The van der Waals surface area contributed by atoms with E-state index < -0.39 is 0 Å². The first-order valence-corrected chi connectivity index (χ1v) is 4.35. The summed E-state index contributed by atoms with van der Waals surface area (Å²) in [5.41, 5.74) is 4.93. The van der Waals surface area contributed by atoms with Gasteiger partial charge in [-0.2, -0.15) is 0 Å². The van der Waals surface area contributed by atoms with Gasteiger partial charge in [-0.25, -0.2) is 5.84 Å². The van der Waals surface area contributed by atoms with Crippen molar-refractivity contribution >= 4 is 12.0 Å². The Bertz CT molecular complexity index is 398. The van der Waals surface area contributed by atoms with E-state index in [0.29, 0.717) is 5.56 Å². The lowest BCUT2D eigenvalue weighted by atomic mass is 10.0. The lowest BCUT2D eigenvalue weighted by Crippen LogP contribution is -2.30. The first kappa shape index (κ1) is 8.77. The van der Waals surface area contributed by atoms with Crippen LogP contribution in [0.25, 0.3) is 6.08 Å². The highest BCUT2D eigenvalue weighted by atomic mass is 16.2. The van der Waals surface area contributed by atoms with E-state index in [1.54, 1.807) is 6.07 Å². The average molecular weight is 189 g/mol. The zero-order valence-electron chi connectivity index (χ0n) is 7.58. The zero-order valence-corrected chi connectivity index (χ0v) is 7.58. The van der Waals surface area contributed by atoms with Crippen molar-refractivity contribution in [1.29, 1.82) is 0 Å². The summed E-state index contributed by atoms with van der Waals surface area (Å²) in [6.45, 7) is 0.802. The number of hydrazine groups is 1. The van der Waals surface area contributed by atoms with Gasteiger partial charge in [-0.15, -0.1) is 0 Å². The topological polar surface area (TPSA) is 67.1 Å². The molecule has 1 amide bonds. The third-order valence-corrected chi connectivity index (χ3v) is 2.21. The maximum absolute atomic E-state index is 11.2. The predicted octanol–water partition coefficient (Wildman–Crippen LogP) is 0.364. The Morgan fingerprint density at radius 1 is 1.50 bits per heavy atom. The number of hydrogen-bond donors (Lipinski definition) is 3. The van der Waals surface area contributed by atoms with Crippen LogP contribution in [0, 0.1) is 0 Å². The minimum absolute atomic E-state index is 0.264. The van der Waals surface area contributed by atoms with E-state index >= 15 is 0 Å². The molecule has 0 saturated carbocycles. The Hall–Kier alpha value is -1.81. The molecule has 1 aliphatic heterocycles. The number of carbonyl (C=O) groups is 1. The Labute approximate surface area is 81.8 Å². The van der Waals surface area contributed by atoms with Crippen molar-refractivity contribution < 1.29 is 4.79 Å². The number of nitrogen functional groups attached to an aromatic ring is 1. The molecule has 0 spiro atoms. The molecule has 0 aromatic heterocycles. The van der Waals surface area contributed by atoms with Crippen LogP contribution in [0.5, 0.6) is 0 Å². The van der Waals surface area contributed by atoms with E-state index in [9.17, 15) is 4.79 Å². The second-order valence-electron chi connectivity index (χ2n) is 3.10. The molecule has 0 fully saturated rings. The summed E-state index contributed by atoms with van der Waals surface area (Å²) in [5, 5.41) is 3.10. The second-order valence-corrected chi connectivity index (χ2v) is 3.10. The fourth-order valence-electron chi connectivity index (χ4n) is 1.45. The quantitative estimate of drug-likeness (QED) is 0.339. The zero-order chi connectivity index (χ0) is 9.97. The van der Waals surface area contributed by atoms with E-state index in [1.165, 1.54) is 5.56 Å². The monoisotopic (exact) mass is 189 g/mol. The van der Waals surface area contributed by atoms with Crippen LogP contribution >= 0.6 is 0 Å². The standard InChI is InChI=1S/C10H11N3O/c11-13-10(14)8-1-2-9-6-12-4-3-7(9)5-8/h1-5,12H,6,11H2,(H,13,14). The predicted molar refractivity (Wildman–Crippen MR) is 54.0 cm³/mol. The Balaban J connectivity index is 2.40. The molecule has 0 aliphatic carbocycles. The average Bonchev–Trinajstić information content (AvgIpc) is 2.27. The van der Waals surface area contributed by atoms with Crippen LogP contribution in [0.1, 0.15) is 21.5 Å². The molecule has 0 atom stereocenters. The Morgan fingerprint density at radius 3 is 3.14 bits per heavy atom. The summed E-state index contributed by atoms with van der Waals surface area (Å²) in [5.74, 6) is 4.79. The SMILES string of the molecule is NNC(=O)c1ccc2c(c1)C=CNC2. The molecule has 1 aliphatic rings. The van der Waals surface area contributed by atoms with Gasteiger partial charge in [-0.3, -0.25) is 10.2 Å². The third-order valence-electron chi connectivity index (χ3n) is 2.21. The number of carbonyl (C=O) groups excluding carboxylic acids is 1. The largest absolute Gasteiger partial charge is 0.387 e. The molecule has 1 heterocycles. The highest BCUT2D eigenvalue weighted by Gasteiger charge is 2.08. The molecule has 1 aromatic rings. The van der Waals surface area contributed by atoms with Crippen molar-refractivity contribution in [2.45, 2.75) is 6.54 Å². The molecule has 0 radical (unpaired) electrons. The molecule has 4 N–H and O–H groups in total. The first-order valence-electron chi connectivity index (χ1n) is 4.35. The van der Waals surface area contributed by atoms with Gasteiger partial charge in [0.25, 0.3) is 5.91 Å². The van der Waals surface area contributed by atoms with Gasteiger partial charge in [0.05, 0.1) is 0 Å². The normalized spacial score (nSPS) is 12.9. The summed E-state index contributed by atoms with van der Waals surface area (Å²) >= 11 is 0. The number of nitrogens with two attached hydrogens (primary N) is 1. The molecular formula is C10H11N3O. The maximum atomic E-state index is 11.2.